The number of fused-ring (bicyclic) bond motifs is 1. The Balaban J connectivity index is 1.14. The third kappa shape index (κ3) is 6.17. The van der Waals surface area contributed by atoms with Crippen LogP contribution >= 0.6 is 0 Å². The van der Waals surface area contributed by atoms with Crippen LogP contribution in [0.25, 0.3) is 10.9 Å². The summed E-state index contributed by atoms with van der Waals surface area (Å²) in [5, 5.41) is 5.49. The van der Waals surface area contributed by atoms with Crippen LogP contribution in [0.3, 0.4) is 0 Å². The molecule has 1 fully saturated rings. The predicted octanol–water partition coefficient (Wildman–Crippen LogP) is 4.84. The lowest BCUT2D eigenvalue weighted by Gasteiger charge is -2.32. The van der Waals surface area contributed by atoms with Gasteiger partial charge in [0.15, 0.2) is 0 Å². The first kappa shape index (κ1) is 25.0. The summed E-state index contributed by atoms with van der Waals surface area (Å²) in [4.78, 5) is 21.7. The topological polar surface area (TPSA) is 63.5 Å². The number of likely N-dealkylation sites (tertiary alicyclic amines) is 1. The summed E-state index contributed by atoms with van der Waals surface area (Å²) in [6, 6.07) is 20.7. The fourth-order valence-corrected chi connectivity index (χ4v) is 5.21. The molecule has 7 heteroatoms. The Morgan fingerprint density at radius 2 is 1.92 bits per heavy atom. The predicted molar refractivity (Wildman–Crippen MR) is 145 cm³/mol. The lowest BCUT2D eigenvalue weighted by molar-refractivity contribution is 0.0622. The number of amides is 1. The fraction of sp³-hybridized carbons (Fsp3) is 0.367. The van der Waals surface area contributed by atoms with E-state index < -0.39 is 0 Å². The highest BCUT2D eigenvalue weighted by Gasteiger charge is 2.26. The average Bonchev–Trinajstić information content (AvgIpc) is 3.25. The molecule has 0 radical (unpaired) electrons. The Morgan fingerprint density at radius 3 is 2.73 bits per heavy atom. The minimum Gasteiger partial charge on any atom is -0.493 e. The van der Waals surface area contributed by atoms with E-state index in [2.05, 4.69) is 64.5 Å². The number of benzene rings is 2. The molecule has 0 unspecified atom stereocenters. The van der Waals surface area contributed by atoms with Crippen LogP contribution in [0.15, 0.2) is 66.9 Å². The lowest BCUT2D eigenvalue weighted by atomic mass is 9.98. The first-order valence-corrected chi connectivity index (χ1v) is 13.0. The highest BCUT2D eigenvalue weighted by atomic mass is 16.5. The molecule has 0 saturated carbocycles. The monoisotopic (exact) mass is 497 g/mol. The number of hydrogen-bond acceptors (Lipinski definition) is 5. The number of piperidine rings is 1. The standard InChI is InChI=1S/C30H35N5O2/c1-22-15-29(34(3)32-22)30(36)35-14-6-8-25(20-35)21-37-27-10-4-7-23(17-27)18-33(2)19-24-11-12-28-26(16-24)9-5-13-31-28/h4-5,7,9-13,15-17,25H,6,8,14,18-21H2,1-3H3/t25-/m0/s1. The Hall–Kier alpha value is -3.71. The highest BCUT2D eigenvalue weighted by molar-refractivity contribution is 5.92. The van der Waals surface area contributed by atoms with Gasteiger partial charge in [0.05, 0.1) is 17.8 Å². The second kappa shape index (κ2) is 11.1. The zero-order valence-electron chi connectivity index (χ0n) is 21.9. The third-order valence-electron chi connectivity index (χ3n) is 6.98. The molecule has 2 aromatic heterocycles. The quantitative estimate of drug-likeness (QED) is 0.349. The zero-order valence-corrected chi connectivity index (χ0v) is 21.9. The minimum absolute atomic E-state index is 0.0560. The van der Waals surface area contributed by atoms with E-state index in [0.29, 0.717) is 24.8 Å². The van der Waals surface area contributed by atoms with E-state index >= 15 is 0 Å². The third-order valence-corrected chi connectivity index (χ3v) is 6.98. The van der Waals surface area contributed by atoms with E-state index in [1.165, 1.54) is 16.5 Å². The number of carbonyl (C=O) groups is 1. The van der Waals surface area contributed by atoms with Crippen molar-refractivity contribution >= 4 is 16.8 Å². The number of ether oxygens (including phenoxy) is 1. The maximum atomic E-state index is 13.0. The molecule has 1 saturated heterocycles. The number of aromatic nitrogens is 3. The van der Waals surface area contributed by atoms with Crippen molar-refractivity contribution in [1.82, 2.24) is 24.6 Å². The van der Waals surface area contributed by atoms with Gasteiger partial charge in [-0.2, -0.15) is 5.10 Å². The summed E-state index contributed by atoms with van der Waals surface area (Å²) in [5.74, 6) is 1.26. The first-order chi connectivity index (χ1) is 17.9. The lowest BCUT2D eigenvalue weighted by Crippen LogP contribution is -2.42. The van der Waals surface area contributed by atoms with Crippen molar-refractivity contribution < 1.29 is 9.53 Å². The maximum absolute atomic E-state index is 13.0. The Morgan fingerprint density at radius 1 is 1.08 bits per heavy atom. The number of nitrogens with zero attached hydrogens (tertiary/aromatic N) is 5. The van der Waals surface area contributed by atoms with Crippen LogP contribution in [0.4, 0.5) is 0 Å². The first-order valence-electron chi connectivity index (χ1n) is 13.0. The van der Waals surface area contributed by atoms with Gasteiger partial charge in [0.25, 0.3) is 5.91 Å². The second-order valence-electron chi connectivity index (χ2n) is 10.2. The molecular formula is C30H35N5O2. The van der Waals surface area contributed by atoms with Gasteiger partial charge >= 0.3 is 0 Å². The van der Waals surface area contributed by atoms with Crippen molar-refractivity contribution in [3.05, 3.63) is 89.4 Å². The Bertz CT molecular complexity index is 1380. The molecule has 1 aliphatic rings. The summed E-state index contributed by atoms with van der Waals surface area (Å²) >= 11 is 0. The molecule has 0 spiro atoms. The summed E-state index contributed by atoms with van der Waals surface area (Å²) in [6.45, 7) is 5.72. The molecule has 4 aromatic rings. The SMILES string of the molecule is Cc1cc(C(=O)N2CCC[C@H](COc3cccc(CN(C)Cc4ccc5ncccc5c4)c3)C2)n(C)n1. The van der Waals surface area contributed by atoms with Crippen LogP contribution in [0.2, 0.25) is 0 Å². The number of pyridine rings is 1. The smallest absolute Gasteiger partial charge is 0.272 e. The molecule has 1 atom stereocenters. The molecule has 37 heavy (non-hydrogen) atoms. The normalized spacial score (nSPS) is 15.9. The van der Waals surface area contributed by atoms with E-state index in [-0.39, 0.29) is 5.91 Å². The fourth-order valence-electron chi connectivity index (χ4n) is 5.21. The van der Waals surface area contributed by atoms with Crippen LogP contribution in [-0.2, 0) is 20.1 Å². The summed E-state index contributed by atoms with van der Waals surface area (Å²) in [6.07, 6.45) is 3.89. The van der Waals surface area contributed by atoms with Crippen LogP contribution in [0.5, 0.6) is 5.75 Å². The van der Waals surface area contributed by atoms with Crippen molar-refractivity contribution in [2.75, 3.05) is 26.7 Å². The molecule has 1 amide bonds. The van der Waals surface area contributed by atoms with Gasteiger partial charge in [-0.05, 0) is 74.3 Å². The van der Waals surface area contributed by atoms with Crippen LogP contribution in [0.1, 0.15) is 40.2 Å². The van der Waals surface area contributed by atoms with Crippen molar-refractivity contribution in [3.8, 4) is 5.75 Å². The molecule has 5 rings (SSSR count). The van der Waals surface area contributed by atoms with E-state index in [1.807, 2.05) is 43.3 Å². The molecule has 0 N–H and O–H groups in total. The largest absolute Gasteiger partial charge is 0.493 e. The van der Waals surface area contributed by atoms with Gasteiger partial charge in [0.1, 0.15) is 11.4 Å². The van der Waals surface area contributed by atoms with Crippen LogP contribution in [-0.4, -0.2) is 57.2 Å². The Labute approximate surface area is 218 Å². The van der Waals surface area contributed by atoms with Crippen molar-refractivity contribution in [2.24, 2.45) is 13.0 Å². The molecule has 7 nitrogen and oxygen atoms in total. The second-order valence-corrected chi connectivity index (χ2v) is 10.2. The van der Waals surface area contributed by atoms with Crippen LogP contribution in [0, 0.1) is 12.8 Å². The van der Waals surface area contributed by atoms with Gasteiger partial charge in [0.2, 0.25) is 0 Å². The van der Waals surface area contributed by atoms with Gasteiger partial charge in [-0.3, -0.25) is 19.4 Å². The summed E-state index contributed by atoms with van der Waals surface area (Å²) in [7, 11) is 3.97. The highest BCUT2D eigenvalue weighted by Crippen LogP contribution is 2.22. The molecule has 0 aliphatic carbocycles. The summed E-state index contributed by atoms with van der Waals surface area (Å²) in [5.41, 5.74) is 5.03. The van der Waals surface area contributed by atoms with E-state index in [0.717, 1.165) is 49.4 Å². The molecule has 192 valence electrons. The van der Waals surface area contributed by atoms with E-state index in [9.17, 15) is 4.79 Å². The molecule has 0 bridgehead atoms. The maximum Gasteiger partial charge on any atom is 0.272 e. The average molecular weight is 498 g/mol. The number of aryl methyl sites for hydroxylation is 2. The number of hydrogen-bond donors (Lipinski definition) is 0. The molecule has 2 aromatic carbocycles. The molecule has 1 aliphatic heterocycles. The van der Waals surface area contributed by atoms with E-state index in [1.54, 1.807) is 4.68 Å². The van der Waals surface area contributed by atoms with Crippen molar-refractivity contribution in [1.29, 1.82) is 0 Å². The molecular weight excluding hydrogens is 462 g/mol. The minimum atomic E-state index is 0.0560. The van der Waals surface area contributed by atoms with Crippen molar-refractivity contribution in [3.63, 3.8) is 0 Å². The summed E-state index contributed by atoms with van der Waals surface area (Å²) < 4.78 is 7.89. The molecule has 3 heterocycles. The van der Waals surface area contributed by atoms with Gasteiger partial charge in [-0.25, -0.2) is 0 Å². The van der Waals surface area contributed by atoms with Crippen LogP contribution < -0.4 is 4.74 Å². The van der Waals surface area contributed by atoms with Gasteiger partial charge in [-0.1, -0.05) is 24.3 Å². The zero-order chi connectivity index (χ0) is 25.8. The Kier molecular flexibility index (Phi) is 7.51. The van der Waals surface area contributed by atoms with Crippen molar-refractivity contribution in [2.45, 2.75) is 32.9 Å². The van der Waals surface area contributed by atoms with Gasteiger partial charge in [-0.15, -0.1) is 0 Å². The van der Waals surface area contributed by atoms with Gasteiger partial charge < -0.3 is 9.64 Å². The van der Waals surface area contributed by atoms with E-state index in [4.69, 9.17) is 4.74 Å². The van der Waals surface area contributed by atoms with Gasteiger partial charge in [0, 0.05) is 50.7 Å². The number of carbonyl (C=O) groups excluding carboxylic acids is 1. The number of rotatable bonds is 8.